The summed E-state index contributed by atoms with van der Waals surface area (Å²) in [6, 6.07) is 14.0. The van der Waals surface area contributed by atoms with Crippen LogP contribution in [0.4, 0.5) is 17.1 Å². The van der Waals surface area contributed by atoms with Crippen LogP contribution in [0.2, 0.25) is 0 Å². The second-order valence-corrected chi connectivity index (χ2v) is 7.40. The van der Waals surface area contributed by atoms with Crippen LogP contribution in [0.3, 0.4) is 0 Å². The van der Waals surface area contributed by atoms with E-state index in [0.717, 1.165) is 41.3 Å². The molecule has 0 radical (unpaired) electrons. The number of aryl methyl sites for hydroxylation is 2. The lowest BCUT2D eigenvalue weighted by Crippen LogP contribution is -2.28. The Labute approximate surface area is 167 Å². The molecule has 2 aromatic carbocycles. The van der Waals surface area contributed by atoms with Crippen molar-refractivity contribution in [2.75, 3.05) is 34.8 Å². The van der Waals surface area contributed by atoms with E-state index >= 15 is 0 Å². The smallest absolute Gasteiger partial charge is 0.229 e. The Morgan fingerprint density at radius 3 is 2.39 bits per heavy atom. The van der Waals surface area contributed by atoms with Crippen LogP contribution in [0.5, 0.6) is 0 Å². The number of carbonyl (C=O) groups excluding carboxylic acids is 2. The second-order valence-electron chi connectivity index (χ2n) is 7.40. The van der Waals surface area contributed by atoms with E-state index in [4.69, 9.17) is 0 Å². The number of amides is 2. The summed E-state index contributed by atoms with van der Waals surface area (Å²) < 4.78 is 0. The fraction of sp³-hybridized carbons (Fsp3) is 0.391. The summed E-state index contributed by atoms with van der Waals surface area (Å²) >= 11 is 0. The van der Waals surface area contributed by atoms with Crippen LogP contribution in [0.15, 0.2) is 42.5 Å². The van der Waals surface area contributed by atoms with Gasteiger partial charge >= 0.3 is 0 Å². The highest BCUT2D eigenvalue weighted by Crippen LogP contribution is 2.28. The number of anilines is 3. The predicted octanol–water partition coefficient (Wildman–Crippen LogP) is 4.14. The highest BCUT2D eigenvalue weighted by molar-refractivity contribution is 6.03. The van der Waals surface area contributed by atoms with Gasteiger partial charge in [0, 0.05) is 43.1 Å². The quantitative estimate of drug-likeness (QED) is 0.821. The van der Waals surface area contributed by atoms with Crippen LogP contribution in [0, 0.1) is 19.8 Å². The molecule has 2 amide bonds. The Balaban J connectivity index is 1.68. The van der Waals surface area contributed by atoms with Crippen LogP contribution >= 0.6 is 0 Å². The Bertz CT molecular complexity index is 857. The second kappa shape index (κ2) is 8.46. The molecule has 5 heteroatoms. The number of nitrogens with one attached hydrogen (secondary N) is 1. The van der Waals surface area contributed by atoms with E-state index < -0.39 is 0 Å². The van der Waals surface area contributed by atoms with Gasteiger partial charge < -0.3 is 15.1 Å². The molecule has 2 aromatic rings. The zero-order valence-corrected chi connectivity index (χ0v) is 17.2. The molecule has 1 heterocycles. The standard InChI is InChI=1S/C23H29N3O2/c1-5-25(6-2)19-8-10-20(11-9-19)26-15-18(14-22(26)27)23(28)24-21-12-7-16(3)13-17(21)4/h7-13,18H,5-6,14-15H2,1-4H3,(H,24,28). The average molecular weight is 380 g/mol. The Hall–Kier alpha value is -2.82. The summed E-state index contributed by atoms with van der Waals surface area (Å²) in [5.41, 5.74) is 4.99. The molecule has 1 N–H and O–H groups in total. The van der Waals surface area contributed by atoms with Gasteiger partial charge in [0.1, 0.15) is 0 Å². The fourth-order valence-corrected chi connectivity index (χ4v) is 3.75. The highest BCUT2D eigenvalue weighted by Gasteiger charge is 2.35. The van der Waals surface area contributed by atoms with E-state index in [0.29, 0.717) is 6.54 Å². The summed E-state index contributed by atoms with van der Waals surface area (Å²) in [6.45, 7) is 10.6. The largest absolute Gasteiger partial charge is 0.372 e. The van der Waals surface area contributed by atoms with Gasteiger partial charge in [-0.25, -0.2) is 0 Å². The van der Waals surface area contributed by atoms with Crippen LogP contribution in [-0.4, -0.2) is 31.4 Å². The summed E-state index contributed by atoms with van der Waals surface area (Å²) in [4.78, 5) is 29.2. The Morgan fingerprint density at radius 1 is 1.11 bits per heavy atom. The third-order valence-electron chi connectivity index (χ3n) is 5.43. The predicted molar refractivity (Wildman–Crippen MR) is 115 cm³/mol. The average Bonchev–Trinajstić information content (AvgIpc) is 3.07. The summed E-state index contributed by atoms with van der Waals surface area (Å²) in [5.74, 6) is -0.436. The van der Waals surface area contributed by atoms with Crippen LogP contribution in [0.25, 0.3) is 0 Å². The van der Waals surface area contributed by atoms with Crippen molar-refractivity contribution in [2.24, 2.45) is 5.92 Å². The zero-order valence-electron chi connectivity index (χ0n) is 17.2. The molecular formula is C23H29N3O2. The number of rotatable bonds is 6. The molecule has 1 unspecified atom stereocenters. The molecule has 0 saturated carbocycles. The maximum absolute atomic E-state index is 12.7. The van der Waals surface area contributed by atoms with E-state index in [2.05, 4.69) is 24.1 Å². The molecule has 1 saturated heterocycles. The summed E-state index contributed by atoms with van der Waals surface area (Å²) in [7, 11) is 0. The molecule has 3 rings (SSSR count). The monoisotopic (exact) mass is 379 g/mol. The maximum Gasteiger partial charge on any atom is 0.229 e. The van der Waals surface area contributed by atoms with Gasteiger partial charge in [-0.3, -0.25) is 9.59 Å². The number of hydrogen-bond acceptors (Lipinski definition) is 3. The van der Waals surface area contributed by atoms with Gasteiger partial charge in [-0.05, 0) is 63.6 Å². The third kappa shape index (κ3) is 4.19. The molecule has 0 spiro atoms. The van der Waals surface area contributed by atoms with Gasteiger partial charge in [-0.2, -0.15) is 0 Å². The van der Waals surface area contributed by atoms with Crippen molar-refractivity contribution in [1.82, 2.24) is 0 Å². The van der Waals surface area contributed by atoms with E-state index in [9.17, 15) is 9.59 Å². The summed E-state index contributed by atoms with van der Waals surface area (Å²) in [5, 5.41) is 2.99. The lowest BCUT2D eigenvalue weighted by Gasteiger charge is -2.22. The van der Waals surface area contributed by atoms with Crippen molar-refractivity contribution >= 4 is 28.9 Å². The van der Waals surface area contributed by atoms with Crippen LogP contribution in [-0.2, 0) is 9.59 Å². The first-order chi connectivity index (χ1) is 13.4. The van der Waals surface area contributed by atoms with Crippen LogP contribution < -0.4 is 15.1 Å². The van der Waals surface area contributed by atoms with Crippen molar-refractivity contribution in [1.29, 1.82) is 0 Å². The topological polar surface area (TPSA) is 52.6 Å². The SMILES string of the molecule is CCN(CC)c1ccc(N2CC(C(=O)Nc3ccc(C)cc3C)CC2=O)cc1. The van der Waals surface area contributed by atoms with E-state index in [1.807, 2.05) is 56.3 Å². The molecule has 1 aliphatic rings. The lowest BCUT2D eigenvalue weighted by molar-refractivity contribution is -0.122. The van der Waals surface area contributed by atoms with E-state index in [1.54, 1.807) is 4.90 Å². The zero-order chi connectivity index (χ0) is 20.3. The van der Waals surface area contributed by atoms with E-state index in [1.165, 1.54) is 0 Å². The van der Waals surface area contributed by atoms with Crippen molar-refractivity contribution in [3.05, 3.63) is 53.6 Å². The van der Waals surface area contributed by atoms with Crippen molar-refractivity contribution < 1.29 is 9.59 Å². The number of hydrogen-bond donors (Lipinski definition) is 1. The van der Waals surface area contributed by atoms with Crippen LogP contribution in [0.1, 0.15) is 31.4 Å². The molecule has 0 aromatic heterocycles. The number of benzene rings is 2. The van der Waals surface area contributed by atoms with Crippen molar-refractivity contribution in [3.63, 3.8) is 0 Å². The minimum atomic E-state index is -0.337. The molecule has 28 heavy (non-hydrogen) atoms. The van der Waals surface area contributed by atoms with Gasteiger partial charge in [-0.15, -0.1) is 0 Å². The molecule has 1 atom stereocenters. The highest BCUT2D eigenvalue weighted by atomic mass is 16.2. The first-order valence-corrected chi connectivity index (χ1v) is 9.96. The van der Waals surface area contributed by atoms with Crippen molar-refractivity contribution in [3.8, 4) is 0 Å². The molecular weight excluding hydrogens is 350 g/mol. The molecule has 1 fully saturated rings. The molecule has 0 aliphatic carbocycles. The Morgan fingerprint density at radius 2 is 1.79 bits per heavy atom. The van der Waals surface area contributed by atoms with Gasteiger partial charge in [0.15, 0.2) is 0 Å². The first-order valence-electron chi connectivity index (χ1n) is 9.96. The van der Waals surface area contributed by atoms with Gasteiger partial charge in [0.05, 0.1) is 5.92 Å². The minimum absolute atomic E-state index is 0.00336. The first kappa shape index (κ1) is 19.9. The number of nitrogens with zero attached hydrogens (tertiary/aromatic N) is 2. The minimum Gasteiger partial charge on any atom is -0.372 e. The normalized spacial score (nSPS) is 16.4. The molecule has 148 valence electrons. The molecule has 0 bridgehead atoms. The maximum atomic E-state index is 12.7. The Kier molecular flexibility index (Phi) is 6.02. The van der Waals surface area contributed by atoms with Gasteiger partial charge in [0.2, 0.25) is 11.8 Å². The van der Waals surface area contributed by atoms with E-state index in [-0.39, 0.29) is 24.2 Å². The number of carbonyl (C=O) groups is 2. The lowest BCUT2D eigenvalue weighted by atomic mass is 10.1. The van der Waals surface area contributed by atoms with Gasteiger partial charge in [0.25, 0.3) is 0 Å². The van der Waals surface area contributed by atoms with Crippen molar-refractivity contribution in [2.45, 2.75) is 34.1 Å². The molecule has 1 aliphatic heterocycles. The third-order valence-corrected chi connectivity index (χ3v) is 5.43. The fourth-order valence-electron chi connectivity index (χ4n) is 3.75. The van der Waals surface area contributed by atoms with Gasteiger partial charge in [-0.1, -0.05) is 17.7 Å². The molecule has 5 nitrogen and oxygen atoms in total. The summed E-state index contributed by atoms with van der Waals surface area (Å²) in [6.07, 6.45) is 0.245.